The Kier molecular flexibility index (Phi) is 13.1. The van der Waals surface area contributed by atoms with Crippen molar-refractivity contribution < 1.29 is 9.59 Å². The van der Waals surface area contributed by atoms with Crippen molar-refractivity contribution in [2.24, 2.45) is 0 Å². The largest absolute Gasteiger partial charge is 0.385 e. The second-order valence-corrected chi connectivity index (χ2v) is 5.91. The predicted molar refractivity (Wildman–Crippen MR) is 113 cm³/mol. The highest BCUT2D eigenvalue weighted by atomic mass is 16.2. The molecule has 0 aliphatic heterocycles. The second kappa shape index (κ2) is 14.0. The van der Waals surface area contributed by atoms with Gasteiger partial charge in [-0.15, -0.1) is 0 Å². The zero-order valence-electron chi connectivity index (χ0n) is 17.7. The van der Waals surface area contributed by atoms with Gasteiger partial charge in [0.2, 0.25) is 11.8 Å². The zero-order chi connectivity index (χ0) is 24.0. The number of hydrogen-bond donors (Lipinski definition) is 6. The highest BCUT2D eigenvalue weighted by molar-refractivity contribution is 5.72. The summed E-state index contributed by atoms with van der Waals surface area (Å²) in [6.45, 7) is 3.06. The number of nitrogens with one attached hydrogen (secondary N) is 4. The number of H-pyrrole nitrogens is 4. The molecule has 0 unspecified atom stereocenters. The van der Waals surface area contributed by atoms with Crippen LogP contribution < -0.4 is 34.0 Å². The van der Waals surface area contributed by atoms with Crippen molar-refractivity contribution in [2.45, 2.75) is 13.8 Å². The van der Waals surface area contributed by atoms with Crippen molar-refractivity contribution in [3.8, 4) is 0 Å². The third kappa shape index (κ3) is 16.1. The van der Waals surface area contributed by atoms with E-state index in [2.05, 4.69) is 9.97 Å². The van der Waals surface area contributed by atoms with Crippen LogP contribution in [0.1, 0.15) is 13.8 Å². The minimum Gasteiger partial charge on any atom is -0.385 e. The van der Waals surface area contributed by atoms with Gasteiger partial charge in [0.05, 0.1) is 0 Å². The summed E-state index contributed by atoms with van der Waals surface area (Å²) in [5.41, 5.74) is 8.02. The lowest BCUT2D eigenvalue weighted by Gasteiger charge is -2.02. The van der Waals surface area contributed by atoms with Crippen LogP contribution in [-0.4, -0.2) is 69.7 Å². The van der Waals surface area contributed by atoms with Gasteiger partial charge in [-0.25, -0.2) is 9.59 Å². The van der Waals surface area contributed by atoms with Gasteiger partial charge in [-0.3, -0.25) is 39.1 Å². The standard InChI is InChI=1S/2C4H5N3O2.2C4H9NO/c2*5-2-1-3(8)7-4(9)6-2;2*1-4(6)5(2)3/h2*1H,(H4,5,6,7,8,9);2*1-3H3. The number of carbonyl (C=O) groups excluding carboxylic acids is 2. The van der Waals surface area contributed by atoms with E-state index >= 15 is 0 Å². The normalized spacial score (nSPS) is 8.73. The van der Waals surface area contributed by atoms with Gasteiger partial charge in [0.25, 0.3) is 11.1 Å². The fraction of sp³-hybridized carbons (Fsp3) is 0.375. The van der Waals surface area contributed by atoms with E-state index in [1.54, 1.807) is 28.2 Å². The molecule has 0 fully saturated rings. The Hall–Kier alpha value is -4.10. The Balaban J connectivity index is 0. The molecule has 0 saturated heterocycles. The number of nitrogen functional groups attached to an aromatic ring is 2. The first kappa shape index (κ1) is 28.1. The number of rotatable bonds is 0. The molecule has 0 atom stereocenters. The quantitative estimate of drug-likeness (QED) is 0.262. The minimum atomic E-state index is -0.583. The first-order chi connectivity index (χ1) is 13.6. The number of nitrogens with zero attached hydrogens (tertiary/aromatic N) is 2. The molecule has 14 heteroatoms. The molecule has 0 aliphatic rings. The lowest BCUT2D eigenvalue weighted by atomic mass is 10.6. The third-order valence-electron chi connectivity index (χ3n) is 2.82. The van der Waals surface area contributed by atoms with E-state index in [0.717, 1.165) is 12.1 Å². The molecule has 8 N–H and O–H groups in total. The molecule has 0 bridgehead atoms. The number of aromatic nitrogens is 4. The van der Waals surface area contributed by atoms with Gasteiger partial charge in [0.1, 0.15) is 11.6 Å². The van der Waals surface area contributed by atoms with E-state index in [4.69, 9.17) is 11.5 Å². The highest BCUT2D eigenvalue weighted by Crippen LogP contribution is 1.78. The molecular weight excluding hydrogens is 400 g/mol. The van der Waals surface area contributed by atoms with Gasteiger partial charge >= 0.3 is 11.4 Å². The summed E-state index contributed by atoms with van der Waals surface area (Å²) < 4.78 is 0. The third-order valence-corrected chi connectivity index (χ3v) is 2.82. The summed E-state index contributed by atoms with van der Waals surface area (Å²) >= 11 is 0. The maximum Gasteiger partial charge on any atom is 0.327 e. The molecular formula is C16H28N8O6. The Labute approximate surface area is 170 Å². The predicted octanol–water partition coefficient (Wildman–Crippen LogP) is -2.52. The summed E-state index contributed by atoms with van der Waals surface area (Å²) in [5, 5.41) is 0. The van der Waals surface area contributed by atoms with Crippen molar-refractivity contribution in [3.63, 3.8) is 0 Å². The van der Waals surface area contributed by atoms with Crippen LogP contribution in [-0.2, 0) is 9.59 Å². The zero-order valence-corrected chi connectivity index (χ0v) is 17.7. The first-order valence-electron chi connectivity index (χ1n) is 8.19. The second-order valence-electron chi connectivity index (χ2n) is 5.91. The molecule has 2 rings (SSSR count). The molecule has 14 nitrogen and oxygen atoms in total. The van der Waals surface area contributed by atoms with Gasteiger partial charge in [0, 0.05) is 54.2 Å². The molecule has 2 heterocycles. The van der Waals surface area contributed by atoms with Crippen LogP contribution in [0.25, 0.3) is 0 Å². The van der Waals surface area contributed by atoms with Crippen molar-refractivity contribution >= 4 is 23.5 Å². The maximum atomic E-state index is 10.4. The van der Waals surface area contributed by atoms with Gasteiger partial charge in [-0.2, -0.15) is 0 Å². The fourth-order valence-electron chi connectivity index (χ4n) is 0.975. The molecule has 0 spiro atoms. The fourth-order valence-corrected chi connectivity index (χ4v) is 0.975. The van der Waals surface area contributed by atoms with Crippen LogP contribution in [0.3, 0.4) is 0 Å². The average Bonchev–Trinajstić information content (AvgIpc) is 2.53. The summed E-state index contributed by atoms with van der Waals surface area (Å²) in [7, 11) is 6.90. The Bertz CT molecular complexity index is 891. The minimum absolute atomic E-state index is 0.0729. The molecule has 2 aromatic rings. The molecule has 0 saturated carbocycles. The van der Waals surface area contributed by atoms with Crippen molar-refractivity contribution in [1.82, 2.24) is 29.7 Å². The molecule has 0 aliphatic carbocycles. The molecule has 30 heavy (non-hydrogen) atoms. The van der Waals surface area contributed by atoms with E-state index in [1.807, 2.05) is 9.97 Å². The number of aromatic amines is 4. The summed E-state index contributed by atoms with van der Waals surface area (Å²) in [6.07, 6.45) is 0. The monoisotopic (exact) mass is 428 g/mol. The van der Waals surface area contributed by atoms with Gasteiger partial charge in [0.15, 0.2) is 0 Å². The van der Waals surface area contributed by atoms with E-state index in [9.17, 15) is 28.8 Å². The van der Waals surface area contributed by atoms with Crippen molar-refractivity contribution in [2.75, 3.05) is 39.7 Å². The molecule has 168 valence electrons. The Morgan fingerprint density at radius 1 is 0.667 bits per heavy atom. The van der Waals surface area contributed by atoms with E-state index in [-0.39, 0.29) is 23.5 Å². The molecule has 2 aromatic heterocycles. The van der Waals surface area contributed by atoms with Crippen molar-refractivity contribution in [1.29, 1.82) is 0 Å². The number of amides is 2. The highest BCUT2D eigenvalue weighted by Gasteiger charge is 1.89. The van der Waals surface area contributed by atoms with Crippen LogP contribution in [0.4, 0.5) is 11.6 Å². The maximum absolute atomic E-state index is 10.4. The smallest absolute Gasteiger partial charge is 0.327 e. The number of hydrogen-bond acceptors (Lipinski definition) is 8. The van der Waals surface area contributed by atoms with E-state index in [0.29, 0.717) is 0 Å². The molecule has 0 radical (unpaired) electrons. The number of anilines is 2. The van der Waals surface area contributed by atoms with Gasteiger partial charge in [-0.1, -0.05) is 0 Å². The molecule has 0 aromatic carbocycles. The Morgan fingerprint density at radius 2 is 0.900 bits per heavy atom. The van der Waals surface area contributed by atoms with Crippen LogP contribution in [0.5, 0.6) is 0 Å². The lowest BCUT2D eigenvalue weighted by molar-refractivity contribution is -0.127. The first-order valence-corrected chi connectivity index (χ1v) is 8.19. The van der Waals surface area contributed by atoms with Crippen molar-refractivity contribution in [3.05, 3.63) is 53.8 Å². The number of nitrogens with two attached hydrogens (primary N) is 2. The lowest BCUT2D eigenvalue weighted by Crippen LogP contribution is -2.22. The van der Waals surface area contributed by atoms with E-state index in [1.165, 1.54) is 23.6 Å². The number of carbonyl (C=O) groups is 2. The van der Waals surface area contributed by atoms with Gasteiger partial charge in [-0.05, 0) is 0 Å². The van der Waals surface area contributed by atoms with Crippen LogP contribution in [0.2, 0.25) is 0 Å². The summed E-state index contributed by atoms with van der Waals surface area (Å²) in [5.74, 6) is 0.331. The summed E-state index contributed by atoms with van der Waals surface area (Å²) in [6, 6.07) is 2.20. The van der Waals surface area contributed by atoms with E-state index < -0.39 is 22.5 Å². The SMILES string of the molecule is CC(=O)N(C)C.CC(=O)N(C)C.Nc1cc(=O)[nH]c(=O)[nH]1.Nc1cc(=O)[nH]c(=O)[nH]1. The average molecular weight is 428 g/mol. The molecule has 2 amide bonds. The van der Waals surface area contributed by atoms with Crippen LogP contribution in [0, 0.1) is 0 Å². The topological polar surface area (TPSA) is 224 Å². The Morgan fingerprint density at radius 3 is 1.03 bits per heavy atom. The van der Waals surface area contributed by atoms with Crippen LogP contribution in [0.15, 0.2) is 31.3 Å². The summed E-state index contributed by atoms with van der Waals surface area (Å²) in [4.78, 5) is 72.8. The van der Waals surface area contributed by atoms with Gasteiger partial charge < -0.3 is 21.3 Å². The van der Waals surface area contributed by atoms with Crippen LogP contribution >= 0.6 is 0 Å².